The molecule has 0 saturated heterocycles. The Morgan fingerprint density at radius 1 is 1.58 bits per heavy atom. The second-order valence-corrected chi connectivity index (χ2v) is 4.04. The number of aryl methyl sites for hydroxylation is 2. The molecular formula is C8H14N2OS. The minimum Gasteiger partial charge on any atom is -0.396 e. The Balaban J connectivity index is 2.79. The number of hydrogen-bond donors (Lipinski definition) is 2. The number of rotatable bonds is 3. The summed E-state index contributed by atoms with van der Waals surface area (Å²) in [5.74, 6) is 0. The van der Waals surface area contributed by atoms with Gasteiger partial charge in [0.05, 0.1) is 10.7 Å². The van der Waals surface area contributed by atoms with E-state index < -0.39 is 0 Å². The Kier molecular flexibility index (Phi) is 3.20. The molecule has 0 amide bonds. The number of nitrogens with zero attached hydrogens (tertiary/aromatic N) is 1. The molecule has 1 aromatic rings. The van der Waals surface area contributed by atoms with Gasteiger partial charge in [-0.3, -0.25) is 0 Å². The Bertz CT molecular complexity index is 260. The standard InChI is InChI=1S/C8H14N2OS/c1-5-8(7(9)3-4-11)12-6(2)10-5/h7,11H,3-4,9H2,1-2H3. The van der Waals surface area contributed by atoms with Crippen molar-refractivity contribution in [2.45, 2.75) is 26.3 Å². The first kappa shape index (κ1) is 9.64. The number of nitrogens with two attached hydrogens (primary N) is 1. The Morgan fingerprint density at radius 3 is 2.67 bits per heavy atom. The van der Waals surface area contributed by atoms with Crippen LogP contribution in [0, 0.1) is 13.8 Å². The molecule has 0 aliphatic carbocycles. The molecule has 0 fully saturated rings. The van der Waals surface area contributed by atoms with Crippen molar-refractivity contribution in [2.24, 2.45) is 5.73 Å². The normalized spacial score (nSPS) is 13.3. The average molecular weight is 186 g/mol. The van der Waals surface area contributed by atoms with Crippen LogP contribution in [0.2, 0.25) is 0 Å². The van der Waals surface area contributed by atoms with Crippen LogP contribution in [0.4, 0.5) is 0 Å². The predicted octanol–water partition coefficient (Wildman–Crippen LogP) is 1.14. The van der Waals surface area contributed by atoms with Crippen LogP contribution >= 0.6 is 11.3 Å². The highest BCUT2D eigenvalue weighted by atomic mass is 32.1. The summed E-state index contributed by atoms with van der Waals surface area (Å²) in [7, 11) is 0. The lowest BCUT2D eigenvalue weighted by Crippen LogP contribution is -2.11. The second kappa shape index (κ2) is 3.98. The number of hydrogen-bond acceptors (Lipinski definition) is 4. The molecule has 0 aliphatic heterocycles. The maximum atomic E-state index is 8.70. The number of thiazole rings is 1. The van der Waals surface area contributed by atoms with Gasteiger partial charge in [0.1, 0.15) is 0 Å². The predicted molar refractivity (Wildman–Crippen MR) is 50.2 cm³/mol. The molecule has 0 aliphatic rings. The summed E-state index contributed by atoms with van der Waals surface area (Å²) in [5, 5.41) is 9.74. The van der Waals surface area contributed by atoms with Gasteiger partial charge in [-0.2, -0.15) is 0 Å². The van der Waals surface area contributed by atoms with Gasteiger partial charge in [-0.1, -0.05) is 0 Å². The Hall–Kier alpha value is -0.450. The van der Waals surface area contributed by atoms with Crippen LogP contribution in [0.3, 0.4) is 0 Å². The average Bonchev–Trinajstić information content (AvgIpc) is 2.30. The molecule has 0 radical (unpaired) electrons. The highest BCUT2D eigenvalue weighted by molar-refractivity contribution is 7.11. The first-order valence-corrected chi connectivity index (χ1v) is 4.77. The third-order valence-electron chi connectivity index (χ3n) is 1.72. The van der Waals surface area contributed by atoms with Crippen LogP contribution < -0.4 is 5.73 Å². The molecule has 3 nitrogen and oxygen atoms in total. The molecule has 12 heavy (non-hydrogen) atoms. The fourth-order valence-corrected chi connectivity index (χ4v) is 2.12. The van der Waals surface area contributed by atoms with E-state index in [2.05, 4.69) is 4.98 Å². The monoisotopic (exact) mass is 186 g/mol. The van der Waals surface area contributed by atoms with Crippen molar-refractivity contribution < 1.29 is 5.11 Å². The van der Waals surface area contributed by atoms with Crippen molar-refractivity contribution in [3.8, 4) is 0 Å². The molecule has 0 aromatic carbocycles. The zero-order chi connectivity index (χ0) is 9.14. The van der Waals surface area contributed by atoms with E-state index in [1.807, 2.05) is 13.8 Å². The lowest BCUT2D eigenvalue weighted by molar-refractivity contribution is 0.277. The summed E-state index contributed by atoms with van der Waals surface area (Å²) < 4.78 is 0. The molecule has 1 heterocycles. The minimum atomic E-state index is -0.0544. The Morgan fingerprint density at radius 2 is 2.25 bits per heavy atom. The smallest absolute Gasteiger partial charge is 0.0900 e. The maximum Gasteiger partial charge on any atom is 0.0900 e. The number of aliphatic hydroxyl groups is 1. The SMILES string of the molecule is Cc1nc(C)c(C(N)CCO)s1. The highest BCUT2D eigenvalue weighted by Gasteiger charge is 2.12. The van der Waals surface area contributed by atoms with Gasteiger partial charge in [-0.25, -0.2) is 4.98 Å². The van der Waals surface area contributed by atoms with Gasteiger partial charge in [0.15, 0.2) is 0 Å². The van der Waals surface area contributed by atoms with Gasteiger partial charge in [-0.15, -0.1) is 11.3 Å². The highest BCUT2D eigenvalue weighted by Crippen LogP contribution is 2.24. The van der Waals surface area contributed by atoms with Gasteiger partial charge < -0.3 is 10.8 Å². The number of aromatic nitrogens is 1. The molecule has 4 heteroatoms. The summed E-state index contributed by atoms with van der Waals surface area (Å²) >= 11 is 1.62. The van der Waals surface area contributed by atoms with Gasteiger partial charge in [0, 0.05) is 17.5 Å². The van der Waals surface area contributed by atoms with E-state index >= 15 is 0 Å². The van der Waals surface area contributed by atoms with Crippen molar-refractivity contribution in [3.05, 3.63) is 15.6 Å². The third kappa shape index (κ3) is 2.03. The van der Waals surface area contributed by atoms with Crippen molar-refractivity contribution in [2.75, 3.05) is 6.61 Å². The molecule has 0 spiro atoms. The summed E-state index contributed by atoms with van der Waals surface area (Å²) in [5.41, 5.74) is 6.83. The molecule has 3 N–H and O–H groups in total. The van der Waals surface area contributed by atoms with Gasteiger partial charge in [0.2, 0.25) is 0 Å². The molecular weight excluding hydrogens is 172 g/mol. The van der Waals surface area contributed by atoms with Crippen LogP contribution in [0.15, 0.2) is 0 Å². The summed E-state index contributed by atoms with van der Waals surface area (Å²) in [6, 6.07) is -0.0544. The number of aliphatic hydroxyl groups excluding tert-OH is 1. The lowest BCUT2D eigenvalue weighted by atomic mass is 10.2. The van der Waals surface area contributed by atoms with Gasteiger partial charge >= 0.3 is 0 Å². The molecule has 1 atom stereocenters. The quantitative estimate of drug-likeness (QED) is 0.744. The topological polar surface area (TPSA) is 59.1 Å². The van der Waals surface area contributed by atoms with Gasteiger partial charge in [-0.05, 0) is 20.3 Å². The lowest BCUT2D eigenvalue weighted by Gasteiger charge is -2.06. The van der Waals surface area contributed by atoms with Crippen molar-refractivity contribution >= 4 is 11.3 Å². The van der Waals surface area contributed by atoms with E-state index in [0.29, 0.717) is 6.42 Å². The van der Waals surface area contributed by atoms with E-state index in [4.69, 9.17) is 10.8 Å². The summed E-state index contributed by atoms with van der Waals surface area (Å²) in [4.78, 5) is 5.37. The van der Waals surface area contributed by atoms with E-state index in [1.54, 1.807) is 11.3 Å². The summed E-state index contributed by atoms with van der Waals surface area (Å²) in [6.45, 7) is 4.06. The zero-order valence-electron chi connectivity index (χ0n) is 7.37. The second-order valence-electron chi connectivity index (χ2n) is 2.80. The van der Waals surface area contributed by atoms with E-state index in [-0.39, 0.29) is 12.6 Å². The molecule has 68 valence electrons. The molecule has 0 bridgehead atoms. The molecule has 1 unspecified atom stereocenters. The van der Waals surface area contributed by atoms with E-state index in [9.17, 15) is 0 Å². The van der Waals surface area contributed by atoms with Crippen molar-refractivity contribution in [1.29, 1.82) is 0 Å². The first-order chi connectivity index (χ1) is 5.65. The maximum absolute atomic E-state index is 8.70. The zero-order valence-corrected chi connectivity index (χ0v) is 8.19. The molecule has 1 rings (SSSR count). The van der Waals surface area contributed by atoms with Crippen molar-refractivity contribution in [3.63, 3.8) is 0 Å². The van der Waals surface area contributed by atoms with Crippen LogP contribution in [0.1, 0.15) is 28.0 Å². The first-order valence-electron chi connectivity index (χ1n) is 3.95. The fourth-order valence-electron chi connectivity index (χ4n) is 1.16. The Labute approximate surface area is 76.3 Å². The van der Waals surface area contributed by atoms with Crippen LogP contribution in [-0.4, -0.2) is 16.7 Å². The molecule has 1 aromatic heterocycles. The van der Waals surface area contributed by atoms with E-state index in [1.165, 1.54) is 0 Å². The molecule has 0 saturated carbocycles. The largest absolute Gasteiger partial charge is 0.396 e. The van der Waals surface area contributed by atoms with Crippen LogP contribution in [-0.2, 0) is 0 Å². The third-order valence-corrected chi connectivity index (χ3v) is 2.92. The minimum absolute atomic E-state index is 0.0544. The van der Waals surface area contributed by atoms with Crippen molar-refractivity contribution in [1.82, 2.24) is 4.98 Å². The summed E-state index contributed by atoms with van der Waals surface area (Å²) in [6.07, 6.45) is 0.614. The fraction of sp³-hybridized carbons (Fsp3) is 0.625. The van der Waals surface area contributed by atoms with Crippen LogP contribution in [0.25, 0.3) is 0 Å². The van der Waals surface area contributed by atoms with Gasteiger partial charge in [0.25, 0.3) is 0 Å². The van der Waals surface area contributed by atoms with E-state index in [0.717, 1.165) is 15.6 Å². The van der Waals surface area contributed by atoms with Crippen LogP contribution in [0.5, 0.6) is 0 Å².